The molecule has 1 aromatic heterocycles. The average molecular weight is 563 g/mol. The lowest BCUT2D eigenvalue weighted by Crippen LogP contribution is -2.73. The number of hydrogen-bond acceptors (Lipinski definition) is 3. The van der Waals surface area contributed by atoms with E-state index in [4.69, 9.17) is 0 Å². The van der Waals surface area contributed by atoms with Gasteiger partial charge in [-0.05, 0) is 67.8 Å². The number of piperazine rings is 1. The number of nitrogens with zero attached hydrogens (tertiary/aromatic N) is 2. The molecule has 0 saturated carbocycles. The molecule has 6 heteroatoms. The average Bonchev–Trinajstić information content (AvgIpc) is 3.44. The summed E-state index contributed by atoms with van der Waals surface area (Å²) in [6.45, 7) is 3.29. The Labute approximate surface area is 249 Å². The molecule has 2 amide bonds. The zero-order chi connectivity index (χ0) is 28.8. The van der Waals surface area contributed by atoms with Crippen LogP contribution in [0.2, 0.25) is 0 Å². The minimum Gasteiger partial charge on any atom is -0.361 e. The zero-order valence-electron chi connectivity index (χ0n) is 24.4. The number of rotatable bonds is 11. The maximum Gasteiger partial charge on any atom is 0.246 e. The number of aryl methyl sites for hydroxylation is 1. The fraction of sp³-hybridized carbons (Fsp3) is 0.389. The number of aromatic amines is 1. The van der Waals surface area contributed by atoms with Gasteiger partial charge in [0.2, 0.25) is 11.8 Å². The highest BCUT2D eigenvalue weighted by Crippen LogP contribution is 2.34. The summed E-state index contributed by atoms with van der Waals surface area (Å²) in [4.78, 5) is 35.9. The molecule has 4 aromatic rings. The number of amides is 2. The molecule has 0 bridgehead atoms. The van der Waals surface area contributed by atoms with Gasteiger partial charge in [0.15, 0.2) is 0 Å². The lowest BCUT2D eigenvalue weighted by molar-refractivity contribution is -0.161. The number of para-hydroxylation sites is 1. The van der Waals surface area contributed by atoms with Crippen LogP contribution >= 0.6 is 0 Å². The van der Waals surface area contributed by atoms with Gasteiger partial charge < -0.3 is 20.1 Å². The lowest BCUT2D eigenvalue weighted by atomic mass is 9.80. The Hall–Kier alpha value is -3.90. The van der Waals surface area contributed by atoms with Crippen molar-refractivity contribution in [2.75, 3.05) is 26.2 Å². The summed E-state index contributed by atoms with van der Waals surface area (Å²) in [5, 5.41) is 4.29. The third-order valence-corrected chi connectivity index (χ3v) is 9.34. The van der Waals surface area contributed by atoms with Crippen LogP contribution < -0.4 is 5.32 Å². The van der Waals surface area contributed by atoms with Crippen molar-refractivity contribution in [1.29, 1.82) is 0 Å². The lowest BCUT2D eigenvalue weighted by Gasteiger charge is -2.51. The molecule has 3 heterocycles. The molecule has 218 valence electrons. The predicted octanol–water partition coefficient (Wildman–Crippen LogP) is 5.53. The smallest absolute Gasteiger partial charge is 0.246 e. The van der Waals surface area contributed by atoms with Crippen molar-refractivity contribution in [3.05, 3.63) is 108 Å². The number of fused-ring (bicyclic) bond motifs is 1. The fourth-order valence-electron chi connectivity index (χ4n) is 6.87. The normalized spacial score (nSPS) is 19.0. The van der Waals surface area contributed by atoms with E-state index in [0.29, 0.717) is 25.8 Å². The number of nitrogens with one attached hydrogen (secondary N) is 2. The minimum atomic E-state index is -0.771. The molecule has 6 rings (SSSR count). The van der Waals surface area contributed by atoms with Gasteiger partial charge in [-0.1, -0.05) is 85.3 Å². The Morgan fingerprint density at radius 2 is 1.40 bits per heavy atom. The number of H-pyrrole nitrogens is 1. The molecule has 3 aromatic carbocycles. The zero-order valence-corrected chi connectivity index (χ0v) is 24.4. The summed E-state index contributed by atoms with van der Waals surface area (Å²) >= 11 is 0. The number of unbranched alkanes of at least 4 members (excludes halogenated alkanes) is 2. The molecule has 0 radical (unpaired) electrons. The van der Waals surface area contributed by atoms with E-state index in [2.05, 4.69) is 63.7 Å². The van der Waals surface area contributed by atoms with Crippen molar-refractivity contribution in [2.45, 2.75) is 62.9 Å². The van der Waals surface area contributed by atoms with Crippen LogP contribution in [0.15, 0.2) is 91.1 Å². The van der Waals surface area contributed by atoms with Gasteiger partial charge in [-0.15, -0.1) is 0 Å². The highest BCUT2D eigenvalue weighted by atomic mass is 16.2. The number of likely N-dealkylation sites (tertiary alicyclic amines) is 1. The Bertz CT molecular complexity index is 1470. The van der Waals surface area contributed by atoms with Crippen LogP contribution in [0.5, 0.6) is 0 Å². The summed E-state index contributed by atoms with van der Waals surface area (Å²) in [6.07, 6.45) is 9.26. The van der Waals surface area contributed by atoms with Crippen molar-refractivity contribution in [3.8, 4) is 0 Å². The van der Waals surface area contributed by atoms with Crippen molar-refractivity contribution < 1.29 is 9.59 Å². The van der Waals surface area contributed by atoms with Crippen LogP contribution in [0.3, 0.4) is 0 Å². The van der Waals surface area contributed by atoms with E-state index in [-0.39, 0.29) is 11.8 Å². The van der Waals surface area contributed by atoms with E-state index in [1.807, 2.05) is 47.5 Å². The maximum absolute atomic E-state index is 14.2. The molecule has 1 atom stereocenters. The summed E-state index contributed by atoms with van der Waals surface area (Å²) < 4.78 is 0. The number of piperidine rings is 1. The van der Waals surface area contributed by atoms with Gasteiger partial charge in [-0.2, -0.15) is 0 Å². The molecule has 2 fully saturated rings. The number of hydrogen-bond donors (Lipinski definition) is 2. The summed E-state index contributed by atoms with van der Waals surface area (Å²) in [5.74, 6) is 0.0627. The Balaban J connectivity index is 1.11. The van der Waals surface area contributed by atoms with E-state index in [1.54, 1.807) is 0 Å². The molecule has 2 aliphatic rings. The van der Waals surface area contributed by atoms with Gasteiger partial charge in [0.1, 0.15) is 11.6 Å². The van der Waals surface area contributed by atoms with E-state index >= 15 is 0 Å². The van der Waals surface area contributed by atoms with Gasteiger partial charge in [-0.3, -0.25) is 9.59 Å². The molecule has 2 N–H and O–H groups in total. The molecule has 1 unspecified atom stereocenters. The van der Waals surface area contributed by atoms with Crippen LogP contribution in [0.25, 0.3) is 10.9 Å². The molecular weight excluding hydrogens is 520 g/mol. The Morgan fingerprint density at radius 3 is 2.14 bits per heavy atom. The topological polar surface area (TPSA) is 68.4 Å². The van der Waals surface area contributed by atoms with E-state index in [9.17, 15) is 9.59 Å². The van der Waals surface area contributed by atoms with Crippen molar-refractivity contribution in [1.82, 2.24) is 20.1 Å². The summed E-state index contributed by atoms with van der Waals surface area (Å²) in [5.41, 5.74) is 3.93. The minimum absolute atomic E-state index is 0.0162. The summed E-state index contributed by atoms with van der Waals surface area (Å²) in [7, 11) is 0. The highest BCUT2D eigenvalue weighted by molar-refractivity contribution is 6.00. The van der Waals surface area contributed by atoms with Crippen LogP contribution in [-0.4, -0.2) is 64.4 Å². The van der Waals surface area contributed by atoms with Crippen LogP contribution in [0.1, 0.15) is 48.8 Å². The molecular formula is C36H42N4O2. The molecule has 2 aliphatic heterocycles. The predicted molar refractivity (Wildman–Crippen MR) is 168 cm³/mol. The quantitative estimate of drug-likeness (QED) is 0.236. The SMILES string of the molecule is O=C1C(Cc2c[nH]c3ccccc23)NC(=O)C2(CCN(CCCCCc3ccccc3)CC2)N1CCc1ccccc1. The van der Waals surface area contributed by atoms with Gasteiger partial charge >= 0.3 is 0 Å². The highest BCUT2D eigenvalue weighted by Gasteiger charge is 2.53. The monoisotopic (exact) mass is 562 g/mol. The molecule has 2 saturated heterocycles. The van der Waals surface area contributed by atoms with Gasteiger partial charge in [-0.25, -0.2) is 0 Å². The number of aromatic nitrogens is 1. The second-order valence-electron chi connectivity index (χ2n) is 12.0. The van der Waals surface area contributed by atoms with Crippen LogP contribution in [0, 0.1) is 0 Å². The number of carbonyl (C=O) groups is 2. The standard InChI is InChI=1S/C36H42N4O2/c41-34-33(26-30-27-37-32-18-10-9-17-31(30)32)38-35(42)36(40(34)23-19-29-15-6-2-7-16-29)20-24-39(25-21-36)22-11-3-8-14-28-12-4-1-5-13-28/h1-2,4-7,9-10,12-13,15-18,27,33,37H,3,8,11,14,19-26H2,(H,38,42). The van der Waals surface area contributed by atoms with Crippen molar-refractivity contribution in [2.24, 2.45) is 0 Å². The molecule has 1 spiro atoms. The largest absolute Gasteiger partial charge is 0.361 e. The van der Waals surface area contributed by atoms with Gasteiger partial charge in [0.05, 0.1) is 0 Å². The van der Waals surface area contributed by atoms with Crippen molar-refractivity contribution in [3.63, 3.8) is 0 Å². The maximum atomic E-state index is 14.2. The first-order valence-corrected chi connectivity index (χ1v) is 15.6. The van der Waals surface area contributed by atoms with Crippen molar-refractivity contribution >= 4 is 22.7 Å². The second-order valence-corrected chi connectivity index (χ2v) is 12.0. The molecule has 42 heavy (non-hydrogen) atoms. The van der Waals surface area contributed by atoms with Crippen LogP contribution in [0.4, 0.5) is 0 Å². The fourth-order valence-corrected chi connectivity index (χ4v) is 6.87. The first-order chi connectivity index (χ1) is 20.6. The Kier molecular flexibility index (Phi) is 8.71. The Morgan fingerprint density at radius 1 is 0.738 bits per heavy atom. The summed E-state index contributed by atoms with van der Waals surface area (Å²) in [6, 6.07) is 28.6. The third kappa shape index (κ3) is 6.14. The number of benzene rings is 3. The second kappa shape index (κ2) is 13.0. The van der Waals surface area contributed by atoms with Gasteiger partial charge in [0, 0.05) is 43.2 Å². The van der Waals surface area contributed by atoms with Crippen LogP contribution in [-0.2, 0) is 28.9 Å². The first kappa shape index (κ1) is 28.2. The molecule has 6 nitrogen and oxygen atoms in total. The molecule has 0 aliphatic carbocycles. The van der Waals surface area contributed by atoms with Gasteiger partial charge in [0.25, 0.3) is 0 Å². The number of carbonyl (C=O) groups excluding carboxylic acids is 2. The van der Waals surface area contributed by atoms with E-state index in [0.717, 1.165) is 55.4 Å². The first-order valence-electron chi connectivity index (χ1n) is 15.6. The van der Waals surface area contributed by atoms with E-state index in [1.165, 1.54) is 24.0 Å². The van der Waals surface area contributed by atoms with E-state index < -0.39 is 11.6 Å². The third-order valence-electron chi connectivity index (χ3n) is 9.34.